The number of nitriles is 1. The summed E-state index contributed by atoms with van der Waals surface area (Å²) in [6.45, 7) is -0.479. The number of carboxylic acids is 1. The highest BCUT2D eigenvalue weighted by Gasteiger charge is 2.31. The largest absolute Gasteiger partial charge is 0.778 e. The summed E-state index contributed by atoms with van der Waals surface area (Å²) >= 11 is 12.0. The van der Waals surface area contributed by atoms with Gasteiger partial charge < -0.3 is 29.3 Å². The lowest BCUT2D eigenvalue weighted by molar-refractivity contribution is -0.385. The van der Waals surface area contributed by atoms with Gasteiger partial charge in [0.1, 0.15) is 30.4 Å². The van der Waals surface area contributed by atoms with Gasteiger partial charge in [-0.1, -0.05) is 11.6 Å². The Labute approximate surface area is 325 Å². The zero-order valence-electron chi connectivity index (χ0n) is 27.5. The first kappa shape index (κ1) is 49.5. The Bertz CT molecular complexity index is 1960. The van der Waals surface area contributed by atoms with E-state index >= 15 is 0 Å². The molecule has 0 radical (unpaired) electrons. The number of benzene rings is 3. The number of carbonyl (C=O) groups is 2. The average molecular weight is 961 g/mol. The molecule has 3 aromatic rings. The number of hydrogen-bond acceptors (Lipinski definition) is 12. The molecule has 0 spiro atoms. The molecule has 0 bridgehead atoms. The summed E-state index contributed by atoms with van der Waals surface area (Å²) in [6, 6.07) is 10.2. The maximum absolute atomic E-state index is 12.7. The summed E-state index contributed by atoms with van der Waals surface area (Å²) in [5.74, 6) is -2.74. The number of ether oxygens (including phenoxy) is 1. The van der Waals surface area contributed by atoms with Crippen LogP contribution in [0.25, 0.3) is 0 Å². The lowest BCUT2D eigenvalue weighted by atomic mass is 10.1. The number of amides is 1. The maximum atomic E-state index is 12.7. The van der Waals surface area contributed by atoms with Gasteiger partial charge in [-0.2, -0.15) is 18.4 Å². The number of hydrogen-bond donors (Lipinski definition) is 5. The molecule has 3 aromatic carbocycles. The predicted molar refractivity (Wildman–Crippen MR) is 196 cm³/mol. The fourth-order valence-corrected chi connectivity index (χ4v) is 5.21. The Kier molecular flexibility index (Phi) is 20.6. The van der Waals surface area contributed by atoms with Crippen molar-refractivity contribution in [2.24, 2.45) is 0 Å². The van der Waals surface area contributed by atoms with E-state index < -0.39 is 75.3 Å². The molecule has 0 aliphatic rings. The van der Waals surface area contributed by atoms with Crippen molar-refractivity contribution in [3.8, 4) is 23.3 Å². The van der Waals surface area contributed by atoms with Gasteiger partial charge in [-0.3, -0.25) is 25.0 Å². The third-order valence-electron chi connectivity index (χ3n) is 4.91. The predicted octanol–water partition coefficient (Wildman–Crippen LogP) is 5.20. The van der Waals surface area contributed by atoms with Crippen LogP contribution in [0.2, 0.25) is 5.02 Å². The average Bonchev–Trinajstić information content (AvgIpc) is 2.98. The summed E-state index contributed by atoms with van der Waals surface area (Å²) in [6.07, 6.45) is 1.94. The maximum Gasteiger partial charge on any atom is 0.416 e. The molecular weight excluding hydrogens is 932 g/mol. The van der Waals surface area contributed by atoms with E-state index in [0.717, 1.165) is 24.3 Å². The zero-order chi connectivity index (χ0) is 41.5. The molecule has 3 rings (SSSR count). The van der Waals surface area contributed by atoms with Crippen LogP contribution in [-0.4, -0.2) is 78.2 Å². The number of carboxylic acid groups (broad SMARTS) is 1. The van der Waals surface area contributed by atoms with Crippen molar-refractivity contribution >= 4 is 89.5 Å². The van der Waals surface area contributed by atoms with Gasteiger partial charge in [0.2, 0.25) is 10.0 Å². The first-order valence-electron chi connectivity index (χ1n) is 13.5. The highest BCUT2D eigenvalue weighted by molar-refractivity contribution is 9.11. The quantitative estimate of drug-likeness (QED) is 0.0799. The molecule has 0 aliphatic heterocycles. The molecule has 0 heterocycles. The molecular formula is C28H29Br2ClF3N4O12PS2. The third-order valence-corrected chi connectivity index (χ3v) is 7.59. The van der Waals surface area contributed by atoms with Crippen LogP contribution in [0.15, 0.2) is 57.5 Å². The van der Waals surface area contributed by atoms with Gasteiger partial charge in [-0.05, 0) is 79.2 Å². The minimum absolute atomic E-state index is 0.115. The molecule has 5 N–H and O–H groups in total. The highest BCUT2D eigenvalue weighted by atomic mass is 79.9. The molecule has 16 nitrogen and oxygen atoms in total. The monoisotopic (exact) mass is 958 g/mol. The standard InChI is InChI=1S/C15H10ClF3N2O6S.C7H3Br2NO.C3H8NO5P.C3H9S/c1-28(25,26)20-14(22)10-7-9(3-4-12(10)21(23)24)27-13-5-2-8(6-11(13)16)15(17,18)19;8-5-1-4(3-10)2-6(9)7(5)11;5-3(6)1-4-2-10(7,8)9;1-4(2)3/h2-7H,1H3,(H,20,22);1-2,11H;4H,1-2H2,(H,5,6)(H2,7,8,9);1-3H3/q;;;+1/p-1. The van der Waals surface area contributed by atoms with E-state index in [4.69, 9.17) is 31.6 Å². The molecule has 0 saturated carbocycles. The fraction of sp³-hybridized carbons (Fsp3) is 0.250. The summed E-state index contributed by atoms with van der Waals surface area (Å²) < 4.78 is 78.2. The van der Waals surface area contributed by atoms with Crippen molar-refractivity contribution in [3.63, 3.8) is 0 Å². The molecule has 25 heteroatoms. The van der Waals surface area contributed by atoms with Crippen molar-refractivity contribution in [2.75, 3.05) is 37.9 Å². The van der Waals surface area contributed by atoms with Gasteiger partial charge in [-0.25, -0.2) is 13.1 Å². The number of aliphatic carboxylic acids is 1. The second-order valence-electron chi connectivity index (χ2n) is 10.1. The van der Waals surface area contributed by atoms with Crippen LogP contribution < -0.4 is 19.7 Å². The van der Waals surface area contributed by atoms with Crippen molar-refractivity contribution in [1.82, 2.24) is 10.0 Å². The van der Waals surface area contributed by atoms with Crippen LogP contribution in [0.1, 0.15) is 21.5 Å². The van der Waals surface area contributed by atoms with Crippen molar-refractivity contribution < 1.29 is 65.4 Å². The van der Waals surface area contributed by atoms with Crippen molar-refractivity contribution in [1.29, 1.82) is 5.26 Å². The topological polar surface area (TPSA) is 269 Å². The van der Waals surface area contributed by atoms with E-state index in [1.54, 1.807) is 16.9 Å². The second kappa shape index (κ2) is 22.0. The van der Waals surface area contributed by atoms with Gasteiger partial charge in [0, 0.05) is 12.1 Å². The summed E-state index contributed by atoms with van der Waals surface area (Å²) in [4.78, 5) is 49.9. The number of rotatable bonds is 9. The van der Waals surface area contributed by atoms with E-state index in [-0.39, 0.29) is 17.2 Å². The lowest BCUT2D eigenvalue weighted by Crippen LogP contribution is -2.29. The number of alkyl halides is 3. The van der Waals surface area contributed by atoms with Crippen LogP contribution in [0.5, 0.6) is 17.2 Å². The molecule has 1 unspecified atom stereocenters. The van der Waals surface area contributed by atoms with Gasteiger partial charge in [0.05, 0.1) is 73.9 Å². The van der Waals surface area contributed by atoms with E-state index in [2.05, 4.69) is 50.6 Å². The number of nitrogens with zero attached hydrogens (tertiary/aromatic N) is 2. The molecule has 1 atom stereocenters. The molecule has 292 valence electrons. The van der Waals surface area contributed by atoms with Crippen LogP contribution >= 0.6 is 51.1 Å². The Morgan fingerprint density at radius 2 is 1.64 bits per heavy atom. The number of phenols is 1. The SMILES string of the molecule is CS(=O)(=O)NC(=O)c1cc(Oc2ccc(C(F)(F)F)cc2Cl)ccc1[N+](=O)[O-].C[S+](C)C.N#Cc1cc(Br)c(O)c(Br)c1.O=C(O)CNCP(=O)([O-])O. The number of carbonyl (C=O) groups excluding carboxylic acids is 1. The minimum atomic E-state index is -4.62. The normalized spacial score (nSPS) is 11.8. The van der Waals surface area contributed by atoms with Gasteiger partial charge in [0.25, 0.3) is 11.6 Å². The van der Waals surface area contributed by atoms with Crippen molar-refractivity contribution in [2.45, 2.75) is 6.18 Å². The first-order valence-corrected chi connectivity index (χ1v) is 21.5. The third kappa shape index (κ3) is 21.1. The Hall–Kier alpha value is -3.46. The number of halogens is 6. The number of phenolic OH excluding ortho intramolecular Hbond substituents is 1. The van der Waals surface area contributed by atoms with E-state index in [0.29, 0.717) is 43.8 Å². The Morgan fingerprint density at radius 3 is 2.04 bits per heavy atom. The van der Waals surface area contributed by atoms with Crippen LogP contribution in [0.4, 0.5) is 18.9 Å². The number of sulfonamides is 1. The molecule has 53 heavy (non-hydrogen) atoms. The lowest BCUT2D eigenvalue weighted by Gasteiger charge is -2.14. The Morgan fingerprint density at radius 1 is 1.11 bits per heavy atom. The smallest absolute Gasteiger partial charge is 0.416 e. The summed E-state index contributed by atoms with van der Waals surface area (Å²) in [7, 11) is -7.71. The zero-order valence-corrected chi connectivity index (χ0v) is 33.9. The second-order valence-corrected chi connectivity index (χ2v) is 18.0. The molecule has 0 fully saturated rings. The van der Waals surface area contributed by atoms with Crippen molar-refractivity contribution in [3.05, 3.63) is 89.3 Å². The van der Waals surface area contributed by atoms with E-state index in [1.807, 2.05) is 11.4 Å². The molecule has 0 aromatic heterocycles. The molecule has 1 amide bonds. The van der Waals surface area contributed by atoms with Gasteiger partial charge in [0.15, 0.2) is 0 Å². The van der Waals surface area contributed by atoms with Crippen LogP contribution in [-0.2, 0) is 36.5 Å². The van der Waals surface area contributed by atoms with Gasteiger partial charge in [-0.15, -0.1) is 0 Å². The number of nitro groups is 1. The number of nitrogens with one attached hydrogen (secondary N) is 2. The van der Waals surface area contributed by atoms with Crippen LogP contribution in [0, 0.1) is 21.4 Å². The van der Waals surface area contributed by atoms with Gasteiger partial charge >= 0.3 is 12.1 Å². The fourth-order valence-electron chi connectivity index (χ4n) is 2.96. The molecule has 0 aliphatic carbocycles. The Balaban J connectivity index is 0.000000880. The van der Waals surface area contributed by atoms with Crippen LogP contribution in [0.3, 0.4) is 0 Å². The number of aromatic hydroxyl groups is 1. The molecule has 0 saturated heterocycles. The van der Waals surface area contributed by atoms with E-state index in [1.165, 1.54) is 0 Å². The summed E-state index contributed by atoms with van der Waals surface area (Å²) in [5.41, 5.74) is -1.84. The number of nitro benzene ring substituents is 1. The summed E-state index contributed by atoms with van der Waals surface area (Å²) in [5, 5.41) is 38.4. The van der Waals surface area contributed by atoms with E-state index in [9.17, 15) is 55.9 Å². The first-order chi connectivity index (χ1) is 24.1. The highest BCUT2D eigenvalue weighted by Crippen LogP contribution is 2.37. The minimum Gasteiger partial charge on any atom is -0.778 e.